The molecule has 0 amide bonds. The molecule has 1 N–H and O–H groups in total. The molecule has 0 spiro atoms. The molecule has 0 saturated carbocycles. The summed E-state index contributed by atoms with van der Waals surface area (Å²) in [7, 11) is 0. The lowest BCUT2D eigenvalue weighted by atomic mass is 9.97. The number of aliphatic hydroxyl groups excluding tert-OH is 1. The number of aliphatic hydroxyl groups is 1. The van der Waals surface area contributed by atoms with Gasteiger partial charge >= 0.3 is 0 Å². The molecule has 1 aliphatic rings. The fraction of sp³-hybridized carbons (Fsp3) is 0.722. The SMILES string of the molecule is C=C(C(C)=O)/C(O)=C(\CC)[C@H](CCC)O[C@H]1CCC[C@H](C)O1. The van der Waals surface area contributed by atoms with Crippen LogP contribution < -0.4 is 0 Å². The molecule has 0 aromatic heterocycles. The Hall–Kier alpha value is -1.13. The molecular weight excluding hydrogens is 280 g/mol. The topological polar surface area (TPSA) is 55.8 Å². The zero-order chi connectivity index (χ0) is 16.7. The summed E-state index contributed by atoms with van der Waals surface area (Å²) >= 11 is 0. The lowest BCUT2D eigenvalue weighted by Crippen LogP contribution is -2.32. The highest BCUT2D eigenvalue weighted by Gasteiger charge is 2.26. The molecule has 4 heteroatoms. The predicted molar refractivity (Wildman–Crippen MR) is 87.7 cm³/mol. The Kier molecular flexibility index (Phi) is 7.83. The van der Waals surface area contributed by atoms with E-state index >= 15 is 0 Å². The first-order chi connectivity index (χ1) is 10.4. The van der Waals surface area contributed by atoms with Crippen LogP contribution in [0.1, 0.15) is 66.2 Å². The molecule has 1 heterocycles. The Morgan fingerprint density at radius 2 is 2.09 bits per heavy atom. The standard InChI is InChI=1S/C18H30O4/c1-6-9-16(22-17-11-8-10-12(3)21-17)15(7-2)18(20)13(4)14(5)19/h12,16-17,20H,4,6-11H2,1-3,5H3/b18-15-/t12-,16-,17-/m0/s1. The average molecular weight is 310 g/mol. The Labute approximate surface area is 134 Å². The first kappa shape index (κ1) is 18.9. The highest BCUT2D eigenvalue weighted by molar-refractivity contribution is 5.96. The largest absolute Gasteiger partial charge is 0.507 e. The fourth-order valence-electron chi connectivity index (χ4n) is 2.75. The molecule has 0 bridgehead atoms. The number of carbonyl (C=O) groups excluding carboxylic acids is 1. The number of ketones is 1. The molecule has 0 unspecified atom stereocenters. The van der Waals surface area contributed by atoms with Crippen molar-refractivity contribution in [2.75, 3.05) is 0 Å². The van der Waals surface area contributed by atoms with Crippen LogP contribution in [0.25, 0.3) is 0 Å². The van der Waals surface area contributed by atoms with Gasteiger partial charge in [0.15, 0.2) is 12.1 Å². The van der Waals surface area contributed by atoms with Gasteiger partial charge < -0.3 is 14.6 Å². The van der Waals surface area contributed by atoms with E-state index in [4.69, 9.17) is 9.47 Å². The minimum atomic E-state index is -0.236. The fourth-order valence-corrected chi connectivity index (χ4v) is 2.75. The van der Waals surface area contributed by atoms with Crippen LogP contribution in [0.2, 0.25) is 0 Å². The van der Waals surface area contributed by atoms with E-state index in [-0.39, 0.29) is 35.6 Å². The Bertz CT molecular complexity index is 425. The van der Waals surface area contributed by atoms with E-state index in [1.165, 1.54) is 6.92 Å². The van der Waals surface area contributed by atoms with Crippen LogP contribution in [0.3, 0.4) is 0 Å². The van der Waals surface area contributed by atoms with Gasteiger partial charge in [0.2, 0.25) is 0 Å². The monoisotopic (exact) mass is 310 g/mol. The number of allylic oxidation sites excluding steroid dienone is 1. The maximum atomic E-state index is 11.5. The Morgan fingerprint density at radius 1 is 1.41 bits per heavy atom. The number of hydrogen-bond acceptors (Lipinski definition) is 4. The molecule has 1 saturated heterocycles. The van der Waals surface area contributed by atoms with Gasteiger partial charge in [-0.05, 0) is 46.0 Å². The molecule has 1 rings (SSSR count). The maximum absolute atomic E-state index is 11.5. The van der Waals surface area contributed by atoms with Gasteiger partial charge in [0.1, 0.15) is 5.76 Å². The third kappa shape index (κ3) is 5.25. The van der Waals surface area contributed by atoms with Crippen molar-refractivity contribution in [3.8, 4) is 0 Å². The summed E-state index contributed by atoms with van der Waals surface area (Å²) in [6, 6.07) is 0. The molecule has 0 aromatic carbocycles. The summed E-state index contributed by atoms with van der Waals surface area (Å²) in [5.41, 5.74) is 0.892. The molecule has 4 nitrogen and oxygen atoms in total. The van der Waals surface area contributed by atoms with E-state index in [1.54, 1.807) is 0 Å². The molecule has 0 aliphatic carbocycles. The third-order valence-electron chi connectivity index (χ3n) is 4.09. The van der Waals surface area contributed by atoms with E-state index in [0.29, 0.717) is 6.42 Å². The van der Waals surface area contributed by atoms with Gasteiger partial charge in [0.25, 0.3) is 0 Å². The van der Waals surface area contributed by atoms with Gasteiger partial charge in [-0.1, -0.05) is 26.8 Å². The first-order valence-electron chi connectivity index (χ1n) is 8.33. The van der Waals surface area contributed by atoms with Crippen molar-refractivity contribution < 1.29 is 19.4 Å². The van der Waals surface area contributed by atoms with Crippen molar-refractivity contribution in [3.05, 3.63) is 23.5 Å². The van der Waals surface area contributed by atoms with Crippen molar-refractivity contribution in [1.29, 1.82) is 0 Å². The van der Waals surface area contributed by atoms with Gasteiger partial charge in [-0.3, -0.25) is 4.79 Å². The zero-order valence-electron chi connectivity index (χ0n) is 14.4. The van der Waals surface area contributed by atoms with Crippen LogP contribution in [-0.2, 0) is 14.3 Å². The second-order valence-electron chi connectivity index (χ2n) is 5.98. The summed E-state index contributed by atoms with van der Waals surface area (Å²) in [6.07, 6.45) is 5.07. The van der Waals surface area contributed by atoms with Crippen molar-refractivity contribution in [3.63, 3.8) is 0 Å². The van der Waals surface area contributed by atoms with Gasteiger partial charge in [-0.15, -0.1) is 0 Å². The smallest absolute Gasteiger partial charge is 0.162 e. The minimum Gasteiger partial charge on any atom is -0.507 e. The maximum Gasteiger partial charge on any atom is 0.162 e. The second kappa shape index (κ2) is 9.11. The van der Waals surface area contributed by atoms with Crippen molar-refractivity contribution >= 4 is 5.78 Å². The third-order valence-corrected chi connectivity index (χ3v) is 4.09. The number of carbonyl (C=O) groups is 1. The number of rotatable bonds is 8. The van der Waals surface area contributed by atoms with Gasteiger partial charge in [0.05, 0.1) is 17.8 Å². The van der Waals surface area contributed by atoms with Crippen LogP contribution in [-0.4, -0.2) is 29.4 Å². The van der Waals surface area contributed by atoms with Crippen LogP contribution >= 0.6 is 0 Å². The van der Waals surface area contributed by atoms with Gasteiger partial charge in [-0.2, -0.15) is 0 Å². The molecule has 1 fully saturated rings. The van der Waals surface area contributed by atoms with Gasteiger partial charge in [-0.25, -0.2) is 0 Å². The van der Waals surface area contributed by atoms with Gasteiger partial charge in [0, 0.05) is 5.57 Å². The molecule has 126 valence electrons. The lowest BCUT2D eigenvalue weighted by molar-refractivity contribution is -0.205. The molecule has 1 aliphatic heterocycles. The summed E-state index contributed by atoms with van der Waals surface area (Å²) < 4.78 is 11.9. The quantitative estimate of drug-likeness (QED) is 0.409. The van der Waals surface area contributed by atoms with Crippen LogP contribution in [0.5, 0.6) is 0 Å². The molecule has 0 radical (unpaired) electrons. The predicted octanol–water partition coefficient (Wildman–Crippen LogP) is 4.45. The molecule has 22 heavy (non-hydrogen) atoms. The van der Waals surface area contributed by atoms with E-state index in [9.17, 15) is 9.90 Å². The highest BCUT2D eigenvalue weighted by atomic mass is 16.7. The normalized spacial score (nSPS) is 24.5. The summed E-state index contributed by atoms with van der Waals surface area (Å²) in [5, 5.41) is 10.4. The summed E-state index contributed by atoms with van der Waals surface area (Å²) in [4.78, 5) is 11.5. The average Bonchev–Trinajstić information content (AvgIpc) is 2.47. The first-order valence-corrected chi connectivity index (χ1v) is 8.33. The second-order valence-corrected chi connectivity index (χ2v) is 5.98. The summed E-state index contributed by atoms with van der Waals surface area (Å²) in [5.74, 6) is -0.237. The molecule has 0 aromatic rings. The number of hydrogen-bond donors (Lipinski definition) is 1. The Morgan fingerprint density at radius 3 is 2.59 bits per heavy atom. The van der Waals surface area contributed by atoms with E-state index in [1.807, 2.05) is 6.92 Å². The van der Waals surface area contributed by atoms with Crippen LogP contribution in [0.4, 0.5) is 0 Å². The highest BCUT2D eigenvalue weighted by Crippen LogP contribution is 2.28. The lowest BCUT2D eigenvalue weighted by Gasteiger charge is -2.32. The van der Waals surface area contributed by atoms with E-state index < -0.39 is 0 Å². The minimum absolute atomic E-state index is 0.0164. The molecule has 3 atom stereocenters. The summed E-state index contributed by atoms with van der Waals surface area (Å²) in [6.45, 7) is 11.2. The molecular formula is C18H30O4. The number of ether oxygens (including phenoxy) is 2. The Balaban J connectivity index is 2.92. The van der Waals surface area contributed by atoms with Crippen molar-refractivity contribution in [1.82, 2.24) is 0 Å². The van der Waals surface area contributed by atoms with Crippen molar-refractivity contribution in [2.45, 2.75) is 84.7 Å². The van der Waals surface area contributed by atoms with Crippen LogP contribution in [0, 0.1) is 0 Å². The van der Waals surface area contributed by atoms with E-state index in [0.717, 1.165) is 37.7 Å². The van der Waals surface area contributed by atoms with E-state index in [2.05, 4.69) is 20.4 Å². The van der Waals surface area contributed by atoms with Crippen LogP contribution in [0.15, 0.2) is 23.5 Å². The number of Topliss-reactive ketones (excluding diaryl/α,β-unsaturated/α-hetero) is 1. The zero-order valence-corrected chi connectivity index (χ0v) is 14.4. The van der Waals surface area contributed by atoms with Crippen molar-refractivity contribution in [2.24, 2.45) is 0 Å².